The average molecular weight is 289 g/mol. The minimum Gasteiger partial charge on any atom is -0.381 e. The summed E-state index contributed by atoms with van der Waals surface area (Å²) in [6, 6.07) is 0. The molecular formula is C10H19N5O3S. The van der Waals surface area contributed by atoms with Crippen molar-refractivity contribution >= 4 is 15.8 Å². The van der Waals surface area contributed by atoms with Gasteiger partial charge in [-0.15, -0.1) is 0 Å². The molecule has 1 fully saturated rings. The van der Waals surface area contributed by atoms with E-state index in [1.807, 2.05) is 7.05 Å². The molecule has 0 saturated carbocycles. The zero-order valence-corrected chi connectivity index (χ0v) is 11.9. The number of morpholine rings is 1. The zero-order chi connectivity index (χ0) is 14.0. The molecule has 1 saturated heterocycles. The minimum atomic E-state index is -3.64. The maximum Gasteiger partial charge on any atom is 0.245 e. The van der Waals surface area contributed by atoms with Crippen LogP contribution < -0.4 is 10.5 Å². The van der Waals surface area contributed by atoms with Crippen molar-refractivity contribution in [2.24, 2.45) is 7.05 Å². The highest BCUT2D eigenvalue weighted by Gasteiger charge is 2.24. The van der Waals surface area contributed by atoms with Crippen molar-refractivity contribution < 1.29 is 13.2 Å². The Balaban J connectivity index is 2.00. The summed E-state index contributed by atoms with van der Waals surface area (Å²) in [6.07, 6.45) is 1.23. The highest BCUT2D eigenvalue weighted by molar-refractivity contribution is 7.89. The number of nitrogens with zero attached hydrogens (tertiary/aromatic N) is 3. The van der Waals surface area contributed by atoms with Crippen molar-refractivity contribution in [2.75, 3.05) is 39.0 Å². The lowest BCUT2D eigenvalue weighted by molar-refractivity contribution is -0.0156. The number of ether oxygens (including phenoxy) is 1. The summed E-state index contributed by atoms with van der Waals surface area (Å²) in [5.74, 6) is -0.00307. The van der Waals surface area contributed by atoms with E-state index < -0.39 is 10.0 Å². The minimum absolute atomic E-state index is 0.000774. The molecule has 0 radical (unpaired) electrons. The third-order valence-corrected chi connectivity index (χ3v) is 4.39. The second kappa shape index (κ2) is 5.45. The molecule has 0 aromatic carbocycles. The number of nitrogens with two attached hydrogens (primary N) is 1. The Labute approximate surface area is 112 Å². The van der Waals surface area contributed by atoms with E-state index in [1.54, 1.807) is 7.05 Å². The van der Waals surface area contributed by atoms with Crippen LogP contribution in [0.15, 0.2) is 11.1 Å². The third-order valence-electron chi connectivity index (χ3n) is 2.95. The van der Waals surface area contributed by atoms with Crippen molar-refractivity contribution in [3.8, 4) is 0 Å². The molecular weight excluding hydrogens is 270 g/mol. The lowest BCUT2D eigenvalue weighted by atomic mass is 10.3. The van der Waals surface area contributed by atoms with Crippen LogP contribution in [0.4, 0.5) is 5.82 Å². The SMILES string of the molecule is CN1CCOC(CNS(=O)(=O)c2cn(C)nc2N)C1. The Bertz CT molecular complexity index is 541. The fourth-order valence-electron chi connectivity index (χ4n) is 1.96. The number of sulfonamides is 1. The van der Waals surface area contributed by atoms with E-state index in [0.717, 1.165) is 6.54 Å². The molecule has 1 aliphatic heterocycles. The average Bonchev–Trinajstić information content (AvgIpc) is 2.67. The molecule has 1 aliphatic rings. The fourth-order valence-corrected chi connectivity index (χ4v) is 3.13. The summed E-state index contributed by atoms with van der Waals surface area (Å²) in [5, 5.41) is 3.82. The number of hydrogen-bond donors (Lipinski definition) is 2. The summed E-state index contributed by atoms with van der Waals surface area (Å²) in [4.78, 5) is 2.10. The van der Waals surface area contributed by atoms with Crippen LogP contribution in [0.25, 0.3) is 0 Å². The van der Waals surface area contributed by atoms with Crippen LogP contribution in [-0.4, -0.2) is 62.5 Å². The van der Waals surface area contributed by atoms with E-state index >= 15 is 0 Å². The molecule has 19 heavy (non-hydrogen) atoms. The van der Waals surface area contributed by atoms with Gasteiger partial charge in [0.25, 0.3) is 0 Å². The predicted octanol–water partition coefficient (Wildman–Crippen LogP) is -1.39. The van der Waals surface area contributed by atoms with E-state index in [4.69, 9.17) is 10.5 Å². The van der Waals surface area contributed by atoms with E-state index in [2.05, 4.69) is 14.7 Å². The van der Waals surface area contributed by atoms with Crippen LogP contribution in [-0.2, 0) is 21.8 Å². The first-order chi connectivity index (χ1) is 8.88. The number of nitrogens with one attached hydrogen (secondary N) is 1. The molecule has 1 atom stereocenters. The topological polar surface area (TPSA) is 102 Å². The number of rotatable bonds is 4. The van der Waals surface area contributed by atoms with Crippen LogP contribution in [0, 0.1) is 0 Å². The van der Waals surface area contributed by atoms with Crippen molar-refractivity contribution in [1.29, 1.82) is 0 Å². The molecule has 1 aromatic heterocycles. The standard InChI is InChI=1S/C10H19N5O3S/c1-14-3-4-18-8(6-14)5-12-19(16,17)9-7-15(2)13-10(9)11/h7-8,12H,3-6H2,1-2H3,(H2,11,13). The van der Waals surface area contributed by atoms with Gasteiger partial charge >= 0.3 is 0 Å². The Morgan fingerprint density at radius 1 is 1.58 bits per heavy atom. The number of hydrogen-bond acceptors (Lipinski definition) is 6. The summed E-state index contributed by atoms with van der Waals surface area (Å²) in [5.41, 5.74) is 5.57. The van der Waals surface area contributed by atoms with Crippen LogP contribution in [0.3, 0.4) is 0 Å². The number of aromatic nitrogens is 2. The first-order valence-corrected chi connectivity index (χ1v) is 7.46. The van der Waals surface area contributed by atoms with Crippen molar-refractivity contribution in [3.05, 3.63) is 6.20 Å². The van der Waals surface area contributed by atoms with Crippen molar-refractivity contribution in [3.63, 3.8) is 0 Å². The lowest BCUT2D eigenvalue weighted by Gasteiger charge is -2.29. The second-order valence-corrected chi connectivity index (χ2v) is 6.39. The van der Waals surface area contributed by atoms with E-state index in [9.17, 15) is 8.42 Å². The molecule has 1 unspecified atom stereocenters. The molecule has 108 valence electrons. The molecule has 2 heterocycles. The first kappa shape index (κ1) is 14.3. The first-order valence-electron chi connectivity index (χ1n) is 5.97. The molecule has 0 bridgehead atoms. The van der Waals surface area contributed by atoms with Gasteiger partial charge in [-0.3, -0.25) is 4.68 Å². The number of likely N-dealkylation sites (N-methyl/N-ethyl adjacent to an activating group) is 1. The number of anilines is 1. The largest absolute Gasteiger partial charge is 0.381 e. The van der Waals surface area contributed by atoms with Gasteiger partial charge < -0.3 is 15.4 Å². The van der Waals surface area contributed by atoms with Gasteiger partial charge in [-0.05, 0) is 7.05 Å². The fraction of sp³-hybridized carbons (Fsp3) is 0.700. The number of nitrogen functional groups attached to an aromatic ring is 1. The highest BCUT2D eigenvalue weighted by atomic mass is 32.2. The van der Waals surface area contributed by atoms with E-state index in [-0.39, 0.29) is 23.4 Å². The maximum atomic E-state index is 12.1. The van der Waals surface area contributed by atoms with Gasteiger partial charge in [0, 0.05) is 32.9 Å². The summed E-state index contributed by atoms with van der Waals surface area (Å²) >= 11 is 0. The van der Waals surface area contributed by atoms with Crippen LogP contribution in [0.1, 0.15) is 0 Å². The molecule has 0 amide bonds. The normalized spacial score (nSPS) is 21.7. The maximum absolute atomic E-state index is 12.1. The van der Waals surface area contributed by atoms with Crippen molar-refractivity contribution in [1.82, 2.24) is 19.4 Å². The molecule has 2 rings (SSSR count). The van der Waals surface area contributed by atoms with Gasteiger partial charge in [-0.2, -0.15) is 5.10 Å². The highest BCUT2D eigenvalue weighted by Crippen LogP contribution is 2.15. The number of aryl methyl sites for hydroxylation is 1. The van der Waals surface area contributed by atoms with Gasteiger partial charge in [0.2, 0.25) is 10.0 Å². The molecule has 3 N–H and O–H groups in total. The van der Waals surface area contributed by atoms with Crippen molar-refractivity contribution in [2.45, 2.75) is 11.0 Å². The molecule has 8 nitrogen and oxygen atoms in total. The van der Waals surface area contributed by atoms with E-state index in [1.165, 1.54) is 10.9 Å². The quantitative estimate of drug-likeness (QED) is 0.707. The molecule has 1 aromatic rings. The summed E-state index contributed by atoms with van der Waals surface area (Å²) in [7, 11) is -0.0489. The Morgan fingerprint density at radius 2 is 2.32 bits per heavy atom. The smallest absolute Gasteiger partial charge is 0.245 e. The molecule has 0 aliphatic carbocycles. The second-order valence-electron chi connectivity index (χ2n) is 4.66. The summed E-state index contributed by atoms with van der Waals surface area (Å²) < 4.78 is 33.5. The Morgan fingerprint density at radius 3 is 2.89 bits per heavy atom. The predicted molar refractivity (Wildman–Crippen MR) is 70.0 cm³/mol. The monoisotopic (exact) mass is 289 g/mol. The Kier molecular flexibility index (Phi) is 4.09. The van der Waals surface area contributed by atoms with Crippen LogP contribution in [0.2, 0.25) is 0 Å². The van der Waals surface area contributed by atoms with Gasteiger partial charge in [-0.1, -0.05) is 0 Å². The van der Waals surface area contributed by atoms with Gasteiger partial charge in [0.05, 0.1) is 12.7 Å². The molecule has 9 heteroatoms. The van der Waals surface area contributed by atoms with Gasteiger partial charge in [0.15, 0.2) is 5.82 Å². The van der Waals surface area contributed by atoms with E-state index in [0.29, 0.717) is 13.2 Å². The van der Waals surface area contributed by atoms with Gasteiger partial charge in [0.1, 0.15) is 4.90 Å². The summed E-state index contributed by atoms with van der Waals surface area (Å²) in [6.45, 7) is 2.39. The van der Waals surface area contributed by atoms with Crippen LogP contribution >= 0.6 is 0 Å². The zero-order valence-electron chi connectivity index (χ0n) is 11.0. The molecule has 0 spiro atoms. The third kappa shape index (κ3) is 3.44. The van der Waals surface area contributed by atoms with Crippen LogP contribution in [0.5, 0.6) is 0 Å². The van der Waals surface area contributed by atoms with Gasteiger partial charge in [-0.25, -0.2) is 13.1 Å². The lowest BCUT2D eigenvalue weighted by Crippen LogP contribution is -2.45. The Hall–Kier alpha value is -1.16.